The van der Waals surface area contributed by atoms with Crippen LogP contribution in [0.15, 0.2) is 30.5 Å². The second kappa shape index (κ2) is 8.33. The number of ether oxygens (including phenoxy) is 1. The first-order chi connectivity index (χ1) is 11.4. The van der Waals surface area contributed by atoms with Crippen molar-refractivity contribution in [3.8, 4) is 5.75 Å². The third kappa shape index (κ3) is 5.09. The molecule has 2 rings (SSSR count). The third-order valence-electron chi connectivity index (χ3n) is 3.36. The second-order valence-electron chi connectivity index (χ2n) is 5.52. The van der Waals surface area contributed by atoms with Gasteiger partial charge in [-0.25, -0.2) is 4.98 Å². The molecule has 0 spiro atoms. The predicted octanol–water partition coefficient (Wildman–Crippen LogP) is 3.78. The first kappa shape index (κ1) is 18.5. The van der Waals surface area contributed by atoms with E-state index in [2.05, 4.69) is 10.3 Å². The van der Waals surface area contributed by atoms with Crippen LogP contribution < -0.4 is 10.1 Å². The van der Waals surface area contributed by atoms with Crippen molar-refractivity contribution in [3.05, 3.63) is 51.6 Å². The molecule has 7 heteroatoms. The van der Waals surface area contributed by atoms with Crippen LogP contribution in [0, 0.1) is 6.92 Å². The van der Waals surface area contributed by atoms with Crippen LogP contribution in [0.5, 0.6) is 5.75 Å². The number of halogens is 2. The molecule has 1 N–H and O–H groups in total. The van der Waals surface area contributed by atoms with Gasteiger partial charge < -0.3 is 10.1 Å². The van der Waals surface area contributed by atoms with E-state index >= 15 is 0 Å². The van der Waals surface area contributed by atoms with Gasteiger partial charge >= 0.3 is 0 Å². The van der Waals surface area contributed by atoms with Gasteiger partial charge in [-0.1, -0.05) is 40.9 Å². The first-order valence-corrected chi connectivity index (χ1v) is 8.07. The molecule has 1 amide bonds. The number of hydrogen-bond donors (Lipinski definition) is 1. The van der Waals surface area contributed by atoms with Crippen molar-refractivity contribution in [1.29, 1.82) is 0 Å². The van der Waals surface area contributed by atoms with Crippen molar-refractivity contribution < 1.29 is 9.53 Å². The Hall–Kier alpha value is -1.82. The Bertz CT molecular complexity index is 738. The van der Waals surface area contributed by atoms with Gasteiger partial charge in [0.05, 0.1) is 23.7 Å². The number of hydrogen-bond acceptors (Lipinski definition) is 4. The molecule has 1 aromatic carbocycles. The number of carbonyl (C=O) groups is 1. The lowest BCUT2D eigenvalue weighted by Gasteiger charge is -2.18. The van der Waals surface area contributed by atoms with Crippen LogP contribution in [-0.4, -0.2) is 36.5 Å². The zero-order valence-electron chi connectivity index (χ0n) is 13.8. The molecule has 5 nitrogen and oxygen atoms in total. The molecule has 0 fully saturated rings. The molecule has 1 heterocycles. The highest BCUT2D eigenvalue weighted by atomic mass is 35.5. The summed E-state index contributed by atoms with van der Waals surface area (Å²) in [5.41, 5.74) is 2.16. The van der Waals surface area contributed by atoms with Crippen LogP contribution in [0.2, 0.25) is 10.0 Å². The van der Waals surface area contributed by atoms with E-state index < -0.39 is 0 Å². The summed E-state index contributed by atoms with van der Waals surface area (Å²) in [6.45, 7) is 2.79. The Morgan fingerprint density at radius 2 is 2.08 bits per heavy atom. The summed E-state index contributed by atoms with van der Waals surface area (Å²) in [6.07, 6.45) is 1.43. The second-order valence-corrected chi connectivity index (χ2v) is 6.36. The Balaban J connectivity index is 1.98. The van der Waals surface area contributed by atoms with Gasteiger partial charge in [0.15, 0.2) is 5.82 Å². The summed E-state index contributed by atoms with van der Waals surface area (Å²) in [6, 6.07) is 7.50. The Morgan fingerprint density at radius 1 is 1.33 bits per heavy atom. The molecule has 0 radical (unpaired) electrons. The summed E-state index contributed by atoms with van der Waals surface area (Å²) < 4.78 is 5.36. The Labute approximate surface area is 151 Å². The Kier molecular flexibility index (Phi) is 6.43. The molecule has 24 heavy (non-hydrogen) atoms. The molecule has 0 atom stereocenters. The van der Waals surface area contributed by atoms with E-state index in [-0.39, 0.29) is 12.5 Å². The number of anilines is 1. The number of aryl methyl sites for hydroxylation is 1. The zero-order valence-corrected chi connectivity index (χ0v) is 15.3. The van der Waals surface area contributed by atoms with E-state index in [1.807, 2.05) is 37.1 Å². The monoisotopic (exact) mass is 367 g/mol. The maximum atomic E-state index is 12.2. The van der Waals surface area contributed by atoms with Gasteiger partial charge in [0.2, 0.25) is 5.91 Å². The van der Waals surface area contributed by atoms with E-state index in [0.29, 0.717) is 22.4 Å². The zero-order chi connectivity index (χ0) is 17.7. The number of nitrogens with one attached hydrogen (secondary N) is 1. The van der Waals surface area contributed by atoms with Crippen LogP contribution in [0.25, 0.3) is 0 Å². The maximum absolute atomic E-state index is 12.2. The molecule has 0 unspecified atom stereocenters. The largest absolute Gasteiger partial charge is 0.496 e. The molecule has 0 aliphatic carbocycles. The normalized spacial score (nSPS) is 10.8. The quantitative estimate of drug-likeness (QED) is 0.843. The lowest BCUT2D eigenvalue weighted by Crippen LogP contribution is -2.30. The number of methoxy groups -OCH3 is 1. The standard InChI is InChI=1S/C17H19Cl2N3O2/c1-11-4-5-15(24-3)12(6-11)9-22(2)10-16(23)21-17-14(19)7-13(18)8-20-17/h4-8H,9-10H2,1-3H3,(H,20,21,23). The van der Waals surface area contributed by atoms with Crippen molar-refractivity contribution in [2.45, 2.75) is 13.5 Å². The fourth-order valence-electron chi connectivity index (χ4n) is 2.30. The van der Waals surface area contributed by atoms with Crippen LogP contribution in [0.4, 0.5) is 5.82 Å². The molecule has 2 aromatic rings. The van der Waals surface area contributed by atoms with Crippen LogP contribution in [0.3, 0.4) is 0 Å². The molecule has 0 saturated heterocycles. The highest BCUT2D eigenvalue weighted by molar-refractivity contribution is 6.36. The van der Waals surface area contributed by atoms with Crippen LogP contribution in [0.1, 0.15) is 11.1 Å². The molecular weight excluding hydrogens is 349 g/mol. The van der Waals surface area contributed by atoms with Gasteiger partial charge in [0, 0.05) is 18.3 Å². The lowest BCUT2D eigenvalue weighted by molar-refractivity contribution is -0.117. The van der Waals surface area contributed by atoms with Gasteiger partial charge in [-0.3, -0.25) is 9.69 Å². The predicted molar refractivity (Wildman–Crippen MR) is 97.0 cm³/mol. The number of benzene rings is 1. The minimum Gasteiger partial charge on any atom is -0.496 e. The molecule has 128 valence electrons. The summed E-state index contributed by atoms with van der Waals surface area (Å²) in [5, 5.41) is 3.40. The maximum Gasteiger partial charge on any atom is 0.239 e. The highest BCUT2D eigenvalue weighted by Crippen LogP contribution is 2.23. The van der Waals surface area contributed by atoms with E-state index in [1.54, 1.807) is 7.11 Å². The van der Waals surface area contributed by atoms with Crippen molar-refractivity contribution in [1.82, 2.24) is 9.88 Å². The number of rotatable bonds is 6. The number of amides is 1. The van der Waals surface area contributed by atoms with E-state index in [1.165, 1.54) is 12.3 Å². The van der Waals surface area contributed by atoms with E-state index in [4.69, 9.17) is 27.9 Å². The highest BCUT2D eigenvalue weighted by Gasteiger charge is 2.12. The molecule has 0 aliphatic rings. The molecule has 0 saturated carbocycles. The third-order valence-corrected chi connectivity index (χ3v) is 3.85. The SMILES string of the molecule is COc1ccc(C)cc1CN(C)CC(=O)Nc1ncc(Cl)cc1Cl. The van der Waals surface area contributed by atoms with Gasteiger partial charge in [-0.05, 0) is 26.1 Å². The minimum absolute atomic E-state index is 0.192. The van der Waals surface area contributed by atoms with E-state index in [0.717, 1.165) is 16.9 Å². The Morgan fingerprint density at radius 3 is 2.75 bits per heavy atom. The number of aromatic nitrogens is 1. The fraction of sp³-hybridized carbons (Fsp3) is 0.294. The number of carbonyl (C=O) groups excluding carboxylic acids is 1. The fourth-order valence-corrected chi connectivity index (χ4v) is 2.73. The van der Waals surface area contributed by atoms with Gasteiger partial charge in [-0.2, -0.15) is 0 Å². The number of likely N-dealkylation sites (N-methyl/N-ethyl adjacent to an activating group) is 1. The van der Waals surface area contributed by atoms with Crippen LogP contribution >= 0.6 is 23.2 Å². The van der Waals surface area contributed by atoms with Crippen molar-refractivity contribution >= 4 is 34.9 Å². The summed E-state index contributed by atoms with van der Waals surface area (Å²) in [7, 11) is 3.49. The lowest BCUT2D eigenvalue weighted by atomic mass is 10.1. The molecule has 0 aliphatic heterocycles. The summed E-state index contributed by atoms with van der Waals surface area (Å²) in [4.78, 5) is 18.1. The smallest absolute Gasteiger partial charge is 0.239 e. The van der Waals surface area contributed by atoms with E-state index in [9.17, 15) is 4.79 Å². The first-order valence-electron chi connectivity index (χ1n) is 7.32. The topological polar surface area (TPSA) is 54.5 Å². The van der Waals surface area contributed by atoms with Gasteiger partial charge in [0.25, 0.3) is 0 Å². The van der Waals surface area contributed by atoms with Crippen molar-refractivity contribution in [3.63, 3.8) is 0 Å². The van der Waals surface area contributed by atoms with Crippen LogP contribution in [-0.2, 0) is 11.3 Å². The average Bonchev–Trinajstić information content (AvgIpc) is 2.50. The van der Waals surface area contributed by atoms with Crippen molar-refractivity contribution in [2.24, 2.45) is 0 Å². The molecule has 1 aromatic heterocycles. The molecule has 0 bridgehead atoms. The number of nitrogens with zero attached hydrogens (tertiary/aromatic N) is 2. The van der Waals surface area contributed by atoms with Gasteiger partial charge in [0.1, 0.15) is 5.75 Å². The number of pyridine rings is 1. The van der Waals surface area contributed by atoms with Crippen molar-refractivity contribution in [2.75, 3.05) is 26.0 Å². The van der Waals surface area contributed by atoms with Gasteiger partial charge in [-0.15, -0.1) is 0 Å². The summed E-state index contributed by atoms with van der Waals surface area (Å²) >= 11 is 11.8. The average molecular weight is 368 g/mol. The molecular formula is C17H19Cl2N3O2. The minimum atomic E-state index is -0.208. The summed E-state index contributed by atoms with van der Waals surface area (Å²) in [5.74, 6) is 0.892.